The number of carboxylic acids is 1. The zero-order chi connectivity index (χ0) is 29.8. The minimum absolute atomic E-state index is 0.0329. The number of nitrogens with zero attached hydrogens (tertiary/aromatic N) is 3. The lowest BCUT2D eigenvalue weighted by molar-refractivity contribution is -0.139. The van der Waals surface area contributed by atoms with Gasteiger partial charge in [-0.1, -0.05) is 44.7 Å². The largest absolute Gasteiger partial charge is 0.480 e. The van der Waals surface area contributed by atoms with Crippen molar-refractivity contribution in [1.29, 1.82) is 0 Å². The van der Waals surface area contributed by atoms with Gasteiger partial charge in [0.05, 0.1) is 0 Å². The summed E-state index contributed by atoms with van der Waals surface area (Å²) in [5, 5.41) is 16.4. The topological polar surface area (TPSA) is 106 Å². The second-order valence-corrected chi connectivity index (χ2v) is 12.1. The molecule has 2 aromatic rings. The fourth-order valence-corrected chi connectivity index (χ4v) is 5.11. The maximum atomic E-state index is 13.0. The van der Waals surface area contributed by atoms with Gasteiger partial charge in [-0.05, 0) is 63.6 Å². The highest BCUT2D eigenvalue weighted by atomic mass is 32.2. The molecule has 0 saturated heterocycles. The van der Waals surface area contributed by atoms with E-state index in [0.717, 1.165) is 58.2 Å². The molecular weight excluding hydrogens is 545 g/mol. The van der Waals surface area contributed by atoms with Crippen LogP contribution in [0.15, 0.2) is 38.8 Å². The number of thioether (sulfide) groups is 1. The highest BCUT2D eigenvalue weighted by Crippen LogP contribution is 2.33. The molecule has 0 aliphatic rings. The highest BCUT2D eigenvalue weighted by Gasteiger charge is 2.28. The fraction of sp³-hybridized carbons (Fsp3) is 0.643. The van der Waals surface area contributed by atoms with Crippen LogP contribution >= 0.6 is 11.8 Å². The van der Waals surface area contributed by atoms with Gasteiger partial charge in [-0.3, -0.25) is 14.2 Å². The van der Waals surface area contributed by atoms with Crippen LogP contribution in [-0.4, -0.2) is 42.9 Å². The van der Waals surface area contributed by atoms with Crippen molar-refractivity contribution in [2.24, 2.45) is 0 Å². The van der Waals surface area contributed by atoms with Crippen molar-refractivity contribution in [1.82, 2.24) is 14.3 Å². The van der Waals surface area contributed by atoms with Gasteiger partial charge in [0.2, 0.25) is 5.82 Å². The number of aryl methyl sites for hydroxylation is 2. The van der Waals surface area contributed by atoms with Crippen molar-refractivity contribution in [3.63, 3.8) is 0 Å². The Morgan fingerprint density at radius 2 is 1.75 bits per heavy atom. The smallest absolute Gasteiger partial charge is 0.389 e. The molecule has 12 heteroatoms. The number of hydrogen-bond donors (Lipinski definition) is 2. The second kappa shape index (κ2) is 15.9. The maximum Gasteiger partial charge on any atom is 0.389 e. The van der Waals surface area contributed by atoms with E-state index in [-0.39, 0.29) is 25.3 Å². The predicted molar refractivity (Wildman–Crippen MR) is 152 cm³/mol. The van der Waals surface area contributed by atoms with Gasteiger partial charge in [-0.25, -0.2) is 9.48 Å². The Hall–Kier alpha value is -2.76. The molecule has 224 valence electrons. The van der Waals surface area contributed by atoms with Crippen LogP contribution < -0.4 is 16.6 Å². The van der Waals surface area contributed by atoms with Crippen molar-refractivity contribution in [2.75, 3.05) is 11.9 Å². The Morgan fingerprint density at radius 3 is 2.42 bits per heavy atom. The monoisotopic (exact) mass is 586 g/mol. The van der Waals surface area contributed by atoms with Crippen molar-refractivity contribution in [3.05, 3.63) is 50.7 Å². The number of aliphatic carboxylic acids is 1. The lowest BCUT2D eigenvalue weighted by atomic mass is 10.1. The molecule has 1 heterocycles. The van der Waals surface area contributed by atoms with Gasteiger partial charge in [-0.2, -0.15) is 13.2 Å². The molecule has 0 spiro atoms. The lowest BCUT2D eigenvalue weighted by Crippen LogP contribution is -2.43. The zero-order valence-corrected chi connectivity index (χ0v) is 24.4. The Balaban J connectivity index is 2.02. The van der Waals surface area contributed by atoms with Crippen LogP contribution in [-0.2, 0) is 24.3 Å². The number of carbonyl (C=O) groups is 1. The summed E-state index contributed by atoms with van der Waals surface area (Å²) in [7, 11) is 0. The van der Waals surface area contributed by atoms with E-state index < -0.39 is 34.6 Å². The molecule has 2 rings (SSSR count). The van der Waals surface area contributed by atoms with Crippen LogP contribution in [0.2, 0.25) is 0 Å². The van der Waals surface area contributed by atoms with Gasteiger partial charge >= 0.3 is 17.8 Å². The normalized spacial score (nSPS) is 12.1. The molecule has 8 nitrogen and oxygen atoms in total. The number of rotatable bonds is 18. The van der Waals surface area contributed by atoms with Crippen molar-refractivity contribution in [2.45, 2.75) is 114 Å². The molecule has 0 radical (unpaired) electrons. The van der Waals surface area contributed by atoms with E-state index in [1.54, 1.807) is 13.8 Å². The van der Waals surface area contributed by atoms with E-state index >= 15 is 0 Å². The highest BCUT2D eigenvalue weighted by molar-refractivity contribution is 8.01. The molecule has 40 heavy (non-hydrogen) atoms. The summed E-state index contributed by atoms with van der Waals surface area (Å²) in [6.45, 7) is 5.78. The molecule has 1 aromatic carbocycles. The third-order valence-corrected chi connectivity index (χ3v) is 7.58. The second-order valence-electron chi connectivity index (χ2n) is 10.4. The maximum absolute atomic E-state index is 13.0. The fourth-order valence-electron chi connectivity index (χ4n) is 4.08. The molecular formula is C28H41F3N4O4S. The standard InChI is InChI=1S/C28H41F3N4O4S/c1-4-5-6-7-10-18-34-24(36)23(33-35(26(34)39)19-12-16-28(29,30)31)32-17-9-8-13-21-14-11-15-22(20-21)40-27(2,3)25(37)38/h11,14-15,20H,4-10,12-13,16-19H2,1-3H3,(H,32,33)(H,37,38). The summed E-state index contributed by atoms with van der Waals surface area (Å²) in [4.78, 5) is 38.1. The molecule has 0 atom stereocenters. The van der Waals surface area contributed by atoms with Crippen molar-refractivity contribution < 1.29 is 23.1 Å². The van der Waals surface area contributed by atoms with Gasteiger partial charge in [0.15, 0.2) is 0 Å². The van der Waals surface area contributed by atoms with Crippen LogP contribution in [0.25, 0.3) is 0 Å². The summed E-state index contributed by atoms with van der Waals surface area (Å²) < 4.78 is 39.0. The SMILES string of the molecule is CCCCCCCn1c(=O)c(NCCCCc2cccc(SC(C)(C)C(=O)O)c2)nn(CCCC(F)(F)F)c1=O. The number of nitrogens with one attached hydrogen (secondary N) is 1. The first-order chi connectivity index (χ1) is 18.8. The minimum Gasteiger partial charge on any atom is -0.480 e. The van der Waals surface area contributed by atoms with Crippen LogP contribution in [0.4, 0.5) is 19.0 Å². The predicted octanol–water partition coefficient (Wildman–Crippen LogP) is 6.11. The Labute approximate surface area is 237 Å². The molecule has 2 N–H and O–H groups in total. The third-order valence-electron chi connectivity index (χ3n) is 6.41. The first-order valence-corrected chi connectivity index (χ1v) is 14.7. The molecule has 0 aliphatic heterocycles. The lowest BCUT2D eigenvalue weighted by Gasteiger charge is -2.18. The van der Waals surface area contributed by atoms with Crippen LogP contribution in [0.1, 0.15) is 84.1 Å². The van der Waals surface area contributed by atoms with E-state index in [9.17, 15) is 32.7 Å². The molecule has 0 fully saturated rings. The van der Waals surface area contributed by atoms with Gasteiger partial charge in [0.25, 0.3) is 5.56 Å². The number of halogens is 3. The van der Waals surface area contributed by atoms with Gasteiger partial charge in [-0.15, -0.1) is 16.9 Å². The van der Waals surface area contributed by atoms with E-state index in [0.29, 0.717) is 19.4 Å². The summed E-state index contributed by atoms with van der Waals surface area (Å²) in [6.07, 6.45) is 1.13. The summed E-state index contributed by atoms with van der Waals surface area (Å²) in [5.74, 6) is -0.917. The number of alkyl halides is 3. The molecule has 0 saturated carbocycles. The van der Waals surface area contributed by atoms with Gasteiger partial charge in [0.1, 0.15) is 4.75 Å². The number of unbranched alkanes of at least 4 members (excludes halogenated alkanes) is 5. The average molecular weight is 587 g/mol. The molecule has 0 bridgehead atoms. The number of benzene rings is 1. The third kappa shape index (κ3) is 11.4. The van der Waals surface area contributed by atoms with E-state index in [2.05, 4.69) is 17.3 Å². The Bertz CT molecular complexity index is 1210. The van der Waals surface area contributed by atoms with Gasteiger partial charge in [0, 0.05) is 31.0 Å². The first-order valence-electron chi connectivity index (χ1n) is 13.9. The van der Waals surface area contributed by atoms with Crippen molar-refractivity contribution >= 4 is 23.5 Å². The molecule has 0 unspecified atom stereocenters. The first kappa shape index (κ1) is 33.4. The number of carboxylic acid groups (broad SMARTS) is 1. The quantitative estimate of drug-likeness (QED) is 0.160. The zero-order valence-electron chi connectivity index (χ0n) is 23.6. The van der Waals surface area contributed by atoms with Gasteiger partial charge < -0.3 is 10.4 Å². The number of anilines is 1. The minimum atomic E-state index is -4.33. The molecule has 0 aliphatic carbocycles. The Kier molecular flexibility index (Phi) is 13.3. The summed E-state index contributed by atoms with van der Waals surface area (Å²) in [6, 6.07) is 7.72. The molecule has 1 aromatic heterocycles. The van der Waals surface area contributed by atoms with E-state index in [1.807, 2.05) is 24.3 Å². The molecule has 0 amide bonds. The van der Waals surface area contributed by atoms with Crippen LogP contribution in [0.5, 0.6) is 0 Å². The Morgan fingerprint density at radius 1 is 1.02 bits per heavy atom. The average Bonchev–Trinajstić information content (AvgIpc) is 2.87. The summed E-state index contributed by atoms with van der Waals surface area (Å²) >= 11 is 1.28. The van der Waals surface area contributed by atoms with Crippen LogP contribution in [0.3, 0.4) is 0 Å². The van der Waals surface area contributed by atoms with Crippen LogP contribution in [0, 0.1) is 0 Å². The number of aromatic nitrogens is 3. The summed E-state index contributed by atoms with van der Waals surface area (Å²) in [5.41, 5.74) is -0.177. The number of hydrogen-bond acceptors (Lipinski definition) is 6. The van der Waals surface area contributed by atoms with Crippen molar-refractivity contribution in [3.8, 4) is 0 Å². The van der Waals surface area contributed by atoms with E-state index in [4.69, 9.17) is 0 Å². The van der Waals surface area contributed by atoms with E-state index in [1.165, 1.54) is 11.8 Å².